The molecule has 0 aromatic heterocycles. The molecule has 0 rings (SSSR count). The molecule has 6 N–H and O–H groups in total. The molecule has 0 heterocycles. The number of aliphatic hydroxyl groups is 1. The van der Waals surface area contributed by atoms with E-state index in [2.05, 4.69) is 0 Å². The van der Waals surface area contributed by atoms with Gasteiger partial charge in [-0.3, -0.25) is 29.0 Å². The number of carboxylic acids is 5. The third-order valence-corrected chi connectivity index (χ3v) is 2.30. The average molecular weight is 368 g/mol. The number of carbonyl (C=O) groups is 5. The number of aliphatic hydroxyl groups excluding tert-OH is 1. The summed E-state index contributed by atoms with van der Waals surface area (Å²) in [6, 6.07) is 0. The summed E-state index contributed by atoms with van der Waals surface area (Å²) in [5.74, 6) is -6.10. The van der Waals surface area contributed by atoms with Crippen LogP contribution >= 0.6 is 0 Å². The minimum absolute atomic E-state index is 0.0703. The summed E-state index contributed by atoms with van der Waals surface area (Å²) in [4.78, 5) is 53.5. The van der Waals surface area contributed by atoms with Crippen LogP contribution in [0.4, 0.5) is 0 Å². The van der Waals surface area contributed by atoms with E-state index >= 15 is 0 Å². The minimum atomic E-state index is -1.23. The van der Waals surface area contributed by atoms with Gasteiger partial charge in [0.1, 0.15) is 6.61 Å². The zero-order valence-electron chi connectivity index (χ0n) is 13.1. The van der Waals surface area contributed by atoms with Gasteiger partial charge in [0, 0.05) is 13.1 Å². The monoisotopic (exact) mass is 368 g/mol. The molecule has 13 nitrogen and oxygen atoms in total. The van der Waals surface area contributed by atoms with Crippen LogP contribution in [0.2, 0.25) is 0 Å². The van der Waals surface area contributed by atoms with Crippen LogP contribution in [-0.2, 0) is 24.0 Å². The van der Waals surface area contributed by atoms with E-state index < -0.39 is 62.6 Å². The first kappa shape index (κ1) is 24.5. The predicted octanol–water partition coefficient (Wildman–Crippen LogP) is -3.01. The molecule has 0 unspecified atom stereocenters. The van der Waals surface area contributed by atoms with Crippen molar-refractivity contribution in [3.8, 4) is 0 Å². The number of nitrogens with zero attached hydrogens (tertiary/aromatic N) is 2. The Balaban J connectivity index is 0. The van der Waals surface area contributed by atoms with E-state index in [-0.39, 0.29) is 13.1 Å². The molecule has 0 bridgehead atoms. The number of hydrogen-bond acceptors (Lipinski definition) is 8. The van der Waals surface area contributed by atoms with E-state index in [0.717, 1.165) is 9.80 Å². The molecule has 0 radical (unpaired) electrons. The number of hydrogen-bond donors (Lipinski definition) is 6. The Morgan fingerprint density at radius 3 is 0.840 bits per heavy atom. The van der Waals surface area contributed by atoms with Gasteiger partial charge in [0.15, 0.2) is 0 Å². The normalized spacial score (nSPS) is 10.0. The summed E-state index contributed by atoms with van der Waals surface area (Å²) in [5, 5.41) is 49.5. The summed E-state index contributed by atoms with van der Waals surface area (Å²) in [7, 11) is 0. The van der Waals surface area contributed by atoms with Gasteiger partial charge in [-0.15, -0.1) is 0 Å². The molecular weight excluding hydrogens is 348 g/mol. The van der Waals surface area contributed by atoms with Gasteiger partial charge in [-0.2, -0.15) is 0 Å². The molecule has 0 aliphatic heterocycles. The van der Waals surface area contributed by atoms with Gasteiger partial charge in [0.05, 0.1) is 26.2 Å². The van der Waals surface area contributed by atoms with E-state index in [1.807, 2.05) is 0 Å². The fourth-order valence-electron chi connectivity index (χ4n) is 1.48. The summed E-state index contributed by atoms with van der Waals surface area (Å²) < 4.78 is 0. The predicted molar refractivity (Wildman–Crippen MR) is 78.1 cm³/mol. The molecule has 0 atom stereocenters. The fourth-order valence-corrected chi connectivity index (χ4v) is 1.48. The topological polar surface area (TPSA) is 213 Å². The zero-order valence-corrected chi connectivity index (χ0v) is 13.1. The van der Waals surface area contributed by atoms with Gasteiger partial charge in [0.25, 0.3) is 0 Å². The van der Waals surface area contributed by atoms with E-state index in [1.54, 1.807) is 0 Å². The van der Waals surface area contributed by atoms with Crippen molar-refractivity contribution in [3.63, 3.8) is 0 Å². The molecule has 0 aromatic rings. The van der Waals surface area contributed by atoms with Gasteiger partial charge in [-0.05, 0) is 0 Å². The molecule has 0 amide bonds. The summed E-state index contributed by atoms with van der Waals surface area (Å²) in [5.41, 5.74) is 0. The van der Waals surface area contributed by atoms with Crippen molar-refractivity contribution >= 4 is 29.8 Å². The highest BCUT2D eigenvalue weighted by atomic mass is 16.4. The van der Waals surface area contributed by atoms with Gasteiger partial charge in [-0.1, -0.05) is 0 Å². The molecule has 0 aliphatic rings. The minimum Gasteiger partial charge on any atom is -0.480 e. The molecule has 144 valence electrons. The van der Waals surface area contributed by atoms with E-state index in [9.17, 15) is 19.2 Å². The zero-order chi connectivity index (χ0) is 20.0. The fraction of sp³-hybridized carbons (Fsp3) is 0.583. The molecule has 0 saturated heterocycles. The van der Waals surface area contributed by atoms with Crippen LogP contribution < -0.4 is 0 Å². The Morgan fingerprint density at radius 1 is 0.520 bits per heavy atom. The first-order valence-electron chi connectivity index (χ1n) is 6.62. The van der Waals surface area contributed by atoms with Crippen molar-refractivity contribution < 1.29 is 54.6 Å². The largest absolute Gasteiger partial charge is 0.480 e. The Kier molecular flexibility index (Phi) is 13.4. The van der Waals surface area contributed by atoms with E-state index in [0.29, 0.717) is 0 Å². The lowest BCUT2D eigenvalue weighted by Gasteiger charge is -2.23. The van der Waals surface area contributed by atoms with Crippen molar-refractivity contribution in [1.29, 1.82) is 0 Å². The van der Waals surface area contributed by atoms with Crippen molar-refractivity contribution in [2.45, 2.75) is 0 Å². The highest BCUT2D eigenvalue weighted by Gasteiger charge is 2.17. The van der Waals surface area contributed by atoms with E-state index in [1.165, 1.54) is 0 Å². The second-order valence-electron chi connectivity index (χ2n) is 4.55. The second-order valence-corrected chi connectivity index (χ2v) is 4.55. The Hall–Kier alpha value is -2.77. The highest BCUT2D eigenvalue weighted by molar-refractivity contribution is 5.73. The quantitative estimate of drug-likeness (QED) is 0.203. The maximum Gasteiger partial charge on any atom is 0.329 e. The highest BCUT2D eigenvalue weighted by Crippen LogP contribution is 1.94. The smallest absolute Gasteiger partial charge is 0.329 e. The number of carboxylic acid groups (broad SMARTS) is 5. The molecule has 0 aliphatic carbocycles. The van der Waals surface area contributed by atoms with Crippen LogP contribution in [0.3, 0.4) is 0 Å². The molecular formula is C12H20N2O11. The molecule has 25 heavy (non-hydrogen) atoms. The maximum atomic E-state index is 10.6. The van der Waals surface area contributed by atoms with Gasteiger partial charge in [0.2, 0.25) is 0 Å². The van der Waals surface area contributed by atoms with Crippen molar-refractivity contribution in [3.05, 3.63) is 0 Å². The lowest BCUT2D eigenvalue weighted by Crippen LogP contribution is -2.43. The molecule has 0 aromatic carbocycles. The van der Waals surface area contributed by atoms with Crippen LogP contribution in [0, 0.1) is 0 Å². The molecule has 0 saturated carbocycles. The average Bonchev–Trinajstić information content (AvgIpc) is 2.42. The van der Waals surface area contributed by atoms with E-state index in [4.69, 9.17) is 35.4 Å². The molecule has 0 spiro atoms. The van der Waals surface area contributed by atoms with Crippen LogP contribution in [0.5, 0.6) is 0 Å². The summed E-state index contributed by atoms with van der Waals surface area (Å²) in [6.07, 6.45) is 0. The first-order chi connectivity index (χ1) is 11.5. The third-order valence-electron chi connectivity index (χ3n) is 2.30. The van der Waals surface area contributed by atoms with Crippen LogP contribution in [0.1, 0.15) is 0 Å². The van der Waals surface area contributed by atoms with Crippen molar-refractivity contribution in [1.82, 2.24) is 9.80 Å². The van der Waals surface area contributed by atoms with Gasteiger partial charge in [-0.25, -0.2) is 4.79 Å². The summed E-state index contributed by atoms with van der Waals surface area (Å²) >= 11 is 0. The molecule has 0 fully saturated rings. The van der Waals surface area contributed by atoms with Crippen molar-refractivity contribution in [2.75, 3.05) is 45.9 Å². The van der Waals surface area contributed by atoms with Crippen LogP contribution in [0.15, 0.2) is 0 Å². The van der Waals surface area contributed by atoms with Crippen molar-refractivity contribution in [2.24, 2.45) is 0 Å². The van der Waals surface area contributed by atoms with Gasteiger partial charge < -0.3 is 30.6 Å². The number of aliphatic carboxylic acids is 5. The van der Waals surface area contributed by atoms with Gasteiger partial charge >= 0.3 is 29.8 Å². The summed E-state index contributed by atoms with van der Waals surface area (Å²) in [6.45, 7) is -3.03. The standard InChI is InChI=1S/C10H16N2O8.C2H4O3/c13-7(14)3-11(4-8(15)16)1-2-12(5-9(17)18)6-10(19)20;3-1-2(4)5/h1-6H2,(H,13,14)(H,15,16)(H,17,18)(H,19,20);3H,1H2,(H,4,5). The maximum absolute atomic E-state index is 10.6. The lowest BCUT2D eigenvalue weighted by molar-refractivity contribution is -0.145. The van der Waals surface area contributed by atoms with Crippen LogP contribution in [0.25, 0.3) is 0 Å². The Bertz CT molecular complexity index is 412. The third kappa shape index (κ3) is 19.2. The first-order valence-corrected chi connectivity index (χ1v) is 6.62. The SMILES string of the molecule is O=C(O)CN(CCN(CC(=O)O)CC(=O)O)CC(=O)O.O=C(O)CO. The van der Waals surface area contributed by atoms with Crippen LogP contribution in [-0.4, -0.2) is 116 Å². The Labute approximate surface area is 141 Å². The molecule has 13 heteroatoms. The number of rotatable bonds is 12. The Morgan fingerprint density at radius 2 is 0.720 bits per heavy atom. The lowest BCUT2D eigenvalue weighted by atomic mass is 10.4. The second kappa shape index (κ2) is 13.6.